The number of benzene rings is 2. The van der Waals surface area contributed by atoms with Crippen LogP contribution in [0, 0.1) is 72.4 Å². The van der Waals surface area contributed by atoms with Gasteiger partial charge in [-0.05, 0) is 190 Å². The average Bonchev–Trinajstić information content (AvgIpc) is 1.63. The molecule has 2 aromatic carbocycles. The zero-order valence-electron chi connectivity index (χ0n) is 86.3. The molecular formula is C99H171N6O18+. The number of amides is 6. The van der Waals surface area contributed by atoms with E-state index in [0.29, 0.717) is 73.7 Å². The van der Waals surface area contributed by atoms with E-state index in [-0.39, 0.29) is 58.2 Å². The van der Waals surface area contributed by atoms with E-state index in [9.17, 15) is 62.3 Å². The Morgan fingerprint density at radius 1 is 0.423 bits per heavy atom. The lowest BCUT2D eigenvalue weighted by Gasteiger charge is -2.29. The van der Waals surface area contributed by atoms with Gasteiger partial charge >= 0.3 is 41.8 Å². The topological polar surface area (TPSA) is 297 Å². The third-order valence-electron chi connectivity index (χ3n) is 13.3. The number of aromatic nitrogens is 1. The van der Waals surface area contributed by atoms with Crippen molar-refractivity contribution in [3.8, 4) is 11.5 Å². The Labute approximate surface area is 745 Å². The van der Waals surface area contributed by atoms with Gasteiger partial charge in [-0.2, -0.15) is 0 Å². The molecule has 0 bridgehead atoms. The van der Waals surface area contributed by atoms with Crippen LogP contribution in [0.1, 0.15) is 357 Å². The van der Waals surface area contributed by atoms with Gasteiger partial charge in [0.05, 0.1) is 60.8 Å². The molecule has 0 spiro atoms. The summed E-state index contributed by atoms with van der Waals surface area (Å²) in [7, 11) is 7.35. The van der Waals surface area contributed by atoms with Crippen molar-refractivity contribution >= 4 is 82.9 Å². The number of pyridine rings is 1. The molecule has 4 heterocycles. The lowest BCUT2D eigenvalue weighted by molar-refractivity contribution is -0.479. The van der Waals surface area contributed by atoms with E-state index in [1.54, 1.807) is 88.3 Å². The molecule has 1 unspecified atom stereocenters. The van der Waals surface area contributed by atoms with Crippen molar-refractivity contribution < 1.29 is 90.8 Å². The number of ketones is 2. The highest BCUT2D eigenvalue weighted by atomic mass is 16.7. The number of ether oxygens (including phenoxy) is 3. The molecule has 0 aliphatic carbocycles. The number of para-hydroxylation sites is 1. The summed E-state index contributed by atoms with van der Waals surface area (Å²) in [6, 6.07) is 20.1. The molecule has 123 heavy (non-hydrogen) atoms. The number of hydrogen-bond donors (Lipinski definition) is 0. The highest BCUT2D eigenvalue weighted by Crippen LogP contribution is 2.28. The first-order valence-corrected chi connectivity index (χ1v) is 42.3. The lowest BCUT2D eigenvalue weighted by atomic mass is 9.89. The standard InChI is InChI=1S/C12H12N2O4.C12H16O2.C11H14O2.C10H21N2O2.C10H15NO4.C8H11NO2.2C7H14O.4C5H12.C2H6/c1-12(2,3)11(17)18-14-9(15)7-5-4-6-13-8(7)10(14)16;1-9-5-7-10(8-6-9)14-11(13)12(2,3)4;1-11(2,3)10(12)13-9-7-5-4-6-8-9;1-10(2,3)8(13)14-9(11(4)5)12(6)7;1-6-5-7(12)11(8(6)13)15-9(14)10(2,3)4;1-8(2,3)9-6(10)4-5-7(9)11;2*1-5-6(8)7(2,3)4;4*1-5(2,3)4;1-2/h4-6H,1-3H3;5-8H,1-4H3;4-8H,1-3H3;1-7H3;6H,5H2,1-4H3;4-5H,1-3H3;2*5H2,1-4H3;4*1-4H3;1-2H3/q;;;+1;;;;;;;;;. The lowest BCUT2D eigenvalue weighted by Crippen LogP contribution is -2.45. The number of carbonyl (C=O) groups is 13. The zero-order chi connectivity index (χ0) is 99.7. The number of amidine groups is 1. The fourth-order valence-electron chi connectivity index (χ4n) is 6.98. The molecule has 6 amide bonds. The number of nitrogens with zero attached hydrogens (tertiary/aromatic N) is 6. The number of rotatable bonds is 6. The Morgan fingerprint density at radius 3 is 0.967 bits per heavy atom. The summed E-state index contributed by atoms with van der Waals surface area (Å²) in [5.41, 5.74) is -0.275. The smallest absolute Gasteiger partial charge is 0.426 e. The van der Waals surface area contributed by atoms with Crippen molar-refractivity contribution in [2.75, 3.05) is 28.2 Å². The van der Waals surface area contributed by atoms with E-state index in [2.05, 4.69) is 116 Å². The van der Waals surface area contributed by atoms with Crippen LogP contribution in [0.4, 0.5) is 0 Å². The molecular weight excluding hydrogens is 1560 g/mol. The number of Topliss-reactive ketones (excluding diaryl/α,β-unsaturated/α-hetero) is 2. The molecule has 24 nitrogen and oxygen atoms in total. The normalized spacial score (nSPS) is 13.6. The number of hydrogen-bond acceptors (Lipinski definition) is 19. The molecule has 1 saturated heterocycles. The Morgan fingerprint density at radius 2 is 0.732 bits per heavy atom. The number of esters is 3. The predicted molar refractivity (Wildman–Crippen MR) is 498 cm³/mol. The monoisotopic (exact) mass is 1730 g/mol. The molecule has 3 aromatic rings. The number of aryl methyl sites for hydroxylation is 1. The van der Waals surface area contributed by atoms with E-state index in [0.717, 1.165) is 5.56 Å². The van der Waals surface area contributed by atoms with Gasteiger partial charge in [-0.1, -0.05) is 228 Å². The second-order valence-electron chi connectivity index (χ2n) is 44.4. The van der Waals surface area contributed by atoms with Crippen LogP contribution < -0.4 is 9.47 Å². The second-order valence-corrected chi connectivity index (χ2v) is 44.4. The highest BCUT2D eigenvalue weighted by Gasteiger charge is 2.43. The molecule has 3 aliphatic heterocycles. The Bertz CT molecular complexity index is 3700. The van der Waals surface area contributed by atoms with Gasteiger partial charge in [-0.25, -0.2) is 19.1 Å². The predicted octanol–water partition coefficient (Wildman–Crippen LogP) is 22.4. The molecule has 704 valence electrons. The summed E-state index contributed by atoms with van der Waals surface area (Å²) in [6.45, 7) is 89.9. The minimum absolute atomic E-state index is 0.00390. The summed E-state index contributed by atoms with van der Waals surface area (Å²) in [5.74, 6) is -3.13. The number of hydroxylamine groups is 4. The van der Waals surface area contributed by atoms with Crippen LogP contribution in [0.5, 0.6) is 11.5 Å². The van der Waals surface area contributed by atoms with E-state index >= 15 is 0 Å². The van der Waals surface area contributed by atoms with Crippen LogP contribution in [0.25, 0.3) is 0 Å². The zero-order valence-corrected chi connectivity index (χ0v) is 86.3. The molecule has 1 aromatic heterocycles. The Kier molecular flexibility index (Phi) is 56.4. The summed E-state index contributed by atoms with van der Waals surface area (Å²) in [4.78, 5) is 164. The molecule has 1 fully saturated rings. The maximum absolute atomic E-state index is 11.9. The third kappa shape index (κ3) is 66.1. The number of imide groups is 3. The summed E-state index contributed by atoms with van der Waals surface area (Å²) < 4.78 is 17.4. The fourth-order valence-corrected chi connectivity index (χ4v) is 6.98. The van der Waals surface area contributed by atoms with Gasteiger partial charge in [0.1, 0.15) is 28.8 Å². The Hall–Kier alpha value is -9.09. The maximum atomic E-state index is 11.9. The minimum Gasteiger partial charge on any atom is -0.426 e. The summed E-state index contributed by atoms with van der Waals surface area (Å²) >= 11 is 0. The maximum Gasteiger partial charge on any atom is 0.453 e. The molecule has 0 N–H and O–H groups in total. The number of carbonyl (C=O) groups excluding carboxylic acids is 13. The van der Waals surface area contributed by atoms with Crippen LogP contribution in [-0.2, 0) is 67.2 Å². The van der Waals surface area contributed by atoms with Crippen LogP contribution in [0.15, 0.2) is 85.1 Å². The first-order valence-electron chi connectivity index (χ1n) is 42.3. The summed E-state index contributed by atoms with van der Waals surface area (Å²) in [6.07, 6.45) is 5.42. The SMILES string of the molecule is CC.CC(C)(C)C.CC(C)(C)C.CC(C)(C)C.CC(C)(C)C.CC(C)(C)C(=O)ON1C(=O)c2cccnc2C1=O.CC(C)(C)C(=O)Oc1ccccc1.CC(C)(C)N1C(=O)C=CC1=O.CC1CC(=O)N(OC(=O)C(C)(C)C)C1=O.CCC(=O)C(C)(C)C.CCC(=O)C(C)(C)C.CN(C)C(OC(=O)C(C)(C)C)=[N+](C)C.Cc1ccc(OC(=O)C(C)(C)C)cc1. The van der Waals surface area contributed by atoms with E-state index in [1.807, 2.05) is 218 Å². The van der Waals surface area contributed by atoms with Crippen LogP contribution in [0.2, 0.25) is 0 Å². The molecule has 6 rings (SSSR count). The van der Waals surface area contributed by atoms with Gasteiger partial charge < -0.3 is 23.9 Å². The number of fused-ring (bicyclic) bond motifs is 1. The van der Waals surface area contributed by atoms with Crippen molar-refractivity contribution in [3.05, 3.63) is 102 Å². The van der Waals surface area contributed by atoms with Crippen LogP contribution >= 0.6 is 0 Å². The first-order chi connectivity index (χ1) is 54.5. The van der Waals surface area contributed by atoms with Crippen molar-refractivity contribution in [3.63, 3.8) is 0 Å². The van der Waals surface area contributed by atoms with Gasteiger partial charge in [0.15, 0.2) is 0 Å². The molecule has 1 atom stereocenters. The van der Waals surface area contributed by atoms with Crippen LogP contribution in [-0.4, -0.2) is 146 Å². The molecule has 0 radical (unpaired) electrons. The van der Waals surface area contributed by atoms with Gasteiger partial charge in [-0.15, -0.1) is 5.06 Å². The van der Waals surface area contributed by atoms with Gasteiger partial charge in [0, 0.05) is 59.9 Å². The van der Waals surface area contributed by atoms with Crippen molar-refractivity contribution in [2.45, 2.75) is 343 Å². The molecule has 24 heteroatoms. The molecule has 3 aliphatic rings. The van der Waals surface area contributed by atoms with E-state index in [1.165, 1.54) is 29.3 Å². The largest absolute Gasteiger partial charge is 0.453 e. The van der Waals surface area contributed by atoms with Crippen molar-refractivity contribution in [1.82, 2.24) is 24.9 Å². The Balaban J connectivity index is -0.000000243. The van der Waals surface area contributed by atoms with Crippen LogP contribution in [0.3, 0.4) is 0 Å². The fraction of sp³-hybridized carbons (Fsp3) is 0.667. The second kappa shape index (κ2) is 54.6. The van der Waals surface area contributed by atoms with Crippen molar-refractivity contribution in [2.24, 2.45) is 65.5 Å². The quantitative estimate of drug-likeness (QED) is 0.0553. The first kappa shape index (κ1) is 127. The van der Waals surface area contributed by atoms with E-state index < -0.39 is 74.1 Å². The van der Waals surface area contributed by atoms with Gasteiger partial charge in [0.25, 0.3) is 29.5 Å². The average molecular weight is 1730 g/mol. The van der Waals surface area contributed by atoms with Crippen molar-refractivity contribution in [1.29, 1.82) is 0 Å². The third-order valence-corrected chi connectivity index (χ3v) is 13.3. The molecule has 0 saturated carbocycles. The van der Waals surface area contributed by atoms with Gasteiger partial charge in [-0.3, -0.25) is 62.6 Å². The van der Waals surface area contributed by atoms with E-state index in [4.69, 9.17) is 23.9 Å². The summed E-state index contributed by atoms with van der Waals surface area (Å²) in [5, 5.41) is 1.05. The highest BCUT2D eigenvalue weighted by molar-refractivity contribution is 6.20. The minimum atomic E-state index is -0.803. The van der Waals surface area contributed by atoms with Gasteiger partial charge in [0.2, 0.25) is 0 Å².